The summed E-state index contributed by atoms with van der Waals surface area (Å²) >= 11 is 0. The lowest BCUT2D eigenvalue weighted by Gasteiger charge is -2.11. The van der Waals surface area contributed by atoms with Gasteiger partial charge in [-0.05, 0) is 29.7 Å². The van der Waals surface area contributed by atoms with Gasteiger partial charge in [-0.25, -0.2) is 4.98 Å². The van der Waals surface area contributed by atoms with Gasteiger partial charge in [0, 0.05) is 18.2 Å². The van der Waals surface area contributed by atoms with Gasteiger partial charge in [-0.2, -0.15) is 18.2 Å². The highest BCUT2D eigenvalue weighted by molar-refractivity contribution is 5.73. The molecule has 31 heavy (non-hydrogen) atoms. The van der Waals surface area contributed by atoms with Crippen LogP contribution in [-0.4, -0.2) is 27.1 Å². The van der Waals surface area contributed by atoms with Gasteiger partial charge in [-0.1, -0.05) is 36.4 Å². The maximum Gasteiger partial charge on any atom is 0.416 e. The molecule has 0 amide bonds. The Bertz CT molecular complexity index is 1050. The normalized spacial score (nSPS) is 12.4. The molecule has 1 heterocycles. The van der Waals surface area contributed by atoms with E-state index >= 15 is 0 Å². The van der Waals surface area contributed by atoms with Crippen LogP contribution in [0.4, 0.5) is 24.9 Å². The van der Waals surface area contributed by atoms with Crippen molar-refractivity contribution in [2.75, 3.05) is 11.1 Å². The second-order valence-electron chi connectivity index (χ2n) is 6.89. The summed E-state index contributed by atoms with van der Waals surface area (Å²) < 4.78 is 38.0. The molecule has 1 atom stereocenters. The van der Waals surface area contributed by atoms with Crippen molar-refractivity contribution in [2.24, 2.45) is 5.73 Å². The zero-order valence-electron chi connectivity index (χ0n) is 16.2. The lowest BCUT2D eigenvalue weighted by molar-refractivity contribution is -0.139. The molecule has 1 aromatic heterocycles. The molecule has 1 unspecified atom stereocenters. The monoisotopic (exact) mass is 431 g/mol. The zero-order valence-corrected chi connectivity index (χ0v) is 16.2. The summed E-state index contributed by atoms with van der Waals surface area (Å²) in [5.41, 5.74) is 13.3. The minimum Gasteiger partial charge on any atom is -0.480 e. The number of aromatic nitrogens is 2. The number of benzene rings is 2. The quantitative estimate of drug-likeness (QED) is 0.452. The number of hydrogen-bond donors (Lipinski definition) is 4. The number of aliphatic carboxylic acids is 1. The van der Waals surface area contributed by atoms with Gasteiger partial charge in [-0.15, -0.1) is 0 Å². The molecule has 0 bridgehead atoms. The van der Waals surface area contributed by atoms with Crippen molar-refractivity contribution in [1.29, 1.82) is 0 Å². The van der Waals surface area contributed by atoms with Gasteiger partial charge in [0.2, 0.25) is 5.95 Å². The maximum absolute atomic E-state index is 12.7. The molecule has 0 saturated heterocycles. The van der Waals surface area contributed by atoms with Crippen molar-refractivity contribution >= 4 is 17.7 Å². The largest absolute Gasteiger partial charge is 0.480 e. The van der Waals surface area contributed by atoms with Gasteiger partial charge < -0.3 is 21.9 Å². The first-order valence-electron chi connectivity index (χ1n) is 9.24. The highest BCUT2D eigenvalue weighted by atomic mass is 19.4. The molecule has 0 aliphatic rings. The number of nitrogen functional groups attached to an aromatic ring is 1. The Labute approximate surface area is 175 Å². The van der Waals surface area contributed by atoms with Crippen molar-refractivity contribution < 1.29 is 23.1 Å². The van der Waals surface area contributed by atoms with Crippen LogP contribution in [0.25, 0.3) is 11.3 Å². The topological polar surface area (TPSA) is 127 Å². The number of nitrogens with one attached hydrogen (secondary N) is 1. The SMILES string of the molecule is Nc1nc(NCc2ccc(C(F)(F)F)cc2)cc(-c2ccc(CC(N)C(=O)O)cc2)n1. The van der Waals surface area contributed by atoms with E-state index in [-0.39, 0.29) is 18.9 Å². The lowest BCUT2D eigenvalue weighted by atomic mass is 10.0. The molecule has 0 aliphatic heterocycles. The molecule has 3 rings (SSSR count). The van der Waals surface area contributed by atoms with E-state index in [2.05, 4.69) is 15.3 Å². The van der Waals surface area contributed by atoms with Gasteiger partial charge >= 0.3 is 12.1 Å². The molecular weight excluding hydrogens is 411 g/mol. The van der Waals surface area contributed by atoms with Gasteiger partial charge in [0.25, 0.3) is 0 Å². The molecule has 0 spiro atoms. The van der Waals surface area contributed by atoms with Gasteiger partial charge in [-0.3, -0.25) is 4.79 Å². The summed E-state index contributed by atoms with van der Waals surface area (Å²) in [6, 6.07) is 12.6. The third-order valence-electron chi connectivity index (χ3n) is 4.52. The minimum atomic E-state index is -4.38. The average molecular weight is 431 g/mol. The van der Waals surface area contributed by atoms with E-state index in [9.17, 15) is 18.0 Å². The number of halogens is 3. The smallest absolute Gasteiger partial charge is 0.416 e. The van der Waals surface area contributed by atoms with Crippen LogP contribution in [0.2, 0.25) is 0 Å². The van der Waals surface area contributed by atoms with Gasteiger partial charge in [0.1, 0.15) is 11.9 Å². The fraction of sp³-hybridized carbons (Fsp3) is 0.190. The molecule has 162 valence electrons. The van der Waals surface area contributed by atoms with Gasteiger partial charge in [0.15, 0.2) is 0 Å². The van der Waals surface area contributed by atoms with Gasteiger partial charge in [0.05, 0.1) is 11.3 Å². The van der Waals surface area contributed by atoms with E-state index in [4.69, 9.17) is 16.6 Å². The van der Waals surface area contributed by atoms with Crippen molar-refractivity contribution in [1.82, 2.24) is 9.97 Å². The minimum absolute atomic E-state index is 0.0318. The Kier molecular flexibility index (Phi) is 6.40. The van der Waals surface area contributed by atoms with Crippen molar-refractivity contribution in [3.05, 3.63) is 71.3 Å². The van der Waals surface area contributed by atoms with Crippen LogP contribution < -0.4 is 16.8 Å². The van der Waals surface area contributed by atoms with Crippen LogP contribution >= 0.6 is 0 Å². The Hall–Kier alpha value is -3.66. The fourth-order valence-corrected chi connectivity index (χ4v) is 2.86. The zero-order chi connectivity index (χ0) is 22.6. The number of hydrogen-bond acceptors (Lipinski definition) is 6. The molecular formula is C21H20F3N5O2. The number of anilines is 2. The van der Waals surface area contributed by atoms with E-state index in [0.717, 1.165) is 23.3 Å². The van der Waals surface area contributed by atoms with Crippen LogP contribution in [0.15, 0.2) is 54.6 Å². The molecule has 0 radical (unpaired) electrons. The molecule has 2 aromatic carbocycles. The van der Waals surface area contributed by atoms with E-state index in [1.807, 2.05) is 0 Å². The lowest BCUT2D eigenvalue weighted by Crippen LogP contribution is -2.32. The highest BCUT2D eigenvalue weighted by Crippen LogP contribution is 2.29. The summed E-state index contributed by atoms with van der Waals surface area (Å²) in [5, 5.41) is 11.9. The number of rotatable bonds is 7. The Balaban J connectivity index is 1.71. The summed E-state index contributed by atoms with van der Waals surface area (Å²) in [5.74, 6) is -0.625. The number of carboxylic acid groups (broad SMARTS) is 1. The second kappa shape index (κ2) is 9.00. The molecule has 0 aliphatic carbocycles. The van der Waals surface area contributed by atoms with E-state index in [1.165, 1.54) is 12.1 Å². The molecule has 0 fully saturated rings. The summed E-state index contributed by atoms with van der Waals surface area (Å²) in [6.07, 6.45) is -4.18. The summed E-state index contributed by atoms with van der Waals surface area (Å²) in [6.45, 7) is 0.250. The summed E-state index contributed by atoms with van der Waals surface area (Å²) in [4.78, 5) is 19.2. The standard InChI is InChI=1S/C21H20F3N5O2/c22-21(23,24)15-7-3-13(4-8-15)11-27-18-10-17(28-20(26)29-18)14-5-1-12(2-6-14)9-16(25)19(30)31/h1-8,10,16H,9,11,25H2,(H,30,31)(H3,26,27,28,29). The predicted molar refractivity (Wildman–Crippen MR) is 110 cm³/mol. The Morgan fingerprint density at radius 3 is 2.23 bits per heavy atom. The van der Waals surface area contributed by atoms with E-state index in [0.29, 0.717) is 17.1 Å². The highest BCUT2D eigenvalue weighted by Gasteiger charge is 2.29. The number of carboxylic acids is 1. The number of nitrogens with two attached hydrogens (primary N) is 2. The van der Waals surface area contributed by atoms with E-state index in [1.54, 1.807) is 30.3 Å². The first kappa shape index (κ1) is 22.0. The number of nitrogens with zero attached hydrogens (tertiary/aromatic N) is 2. The fourth-order valence-electron chi connectivity index (χ4n) is 2.86. The molecule has 7 nitrogen and oxygen atoms in total. The maximum atomic E-state index is 12.7. The van der Waals surface area contributed by atoms with Crippen LogP contribution in [0, 0.1) is 0 Å². The molecule has 0 saturated carbocycles. The number of carbonyl (C=O) groups is 1. The first-order chi connectivity index (χ1) is 14.6. The van der Waals surface area contributed by atoms with E-state index < -0.39 is 23.8 Å². The molecule has 3 aromatic rings. The van der Waals surface area contributed by atoms with Crippen molar-refractivity contribution in [2.45, 2.75) is 25.2 Å². The second-order valence-corrected chi connectivity index (χ2v) is 6.89. The first-order valence-corrected chi connectivity index (χ1v) is 9.24. The molecule has 10 heteroatoms. The third-order valence-corrected chi connectivity index (χ3v) is 4.52. The van der Waals surface area contributed by atoms with Crippen LogP contribution in [0.1, 0.15) is 16.7 Å². The Morgan fingerprint density at radius 1 is 1.03 bits per heavy atom. The summed E-state index contributed by atoms with van der Waals surface area (Å²) in [7, 11) is 0. The Morgan fingerprint density at radius 2 is 1.65 bits per heavy atom. The van der Waals surface area contributed by atoms with Crippen molar-refractivity contribution in [3.8, 4) is 11.3 Å². The average Bonchev–Trinajstić information content (AvgIpc) is 2.72. The van der Waals surface area contributed by atoms with Crippen LogP contribution in [0.3, 0.4) is 0 Å². The molecule has 6 N–H and O–H groups in total. The van der Waals surface area contributed by atoms with Crippen molar-refractivity contribution in [3.63, 3.8) is 0 Å². The predicted octanol–water partition coefficient (Wildman–Crippen LogP) is 3.31. The van der Waals surface area contributed by atoms with Crippen LogP contribution in [0.5, 0.6) is 0 Å². The van der Waals surface area contributed by atoms with Crippen LogP contribution in [-0.2, 0) is 23.9 Å². The third kappa shape index (κ3) is 5.92. The number of alkyl halides is 3.